The standard InChI is InChI=1S/C27H21N5O5S/c1-34-19-10-22(36-15-16-5-3-7-18(9-16)29-25(33)17-6-4-8-28-13-17)20-12-24(37-23(20)11-19)21-14-32-26(30-21)38-27(31-32)35-2/h3-14H,15H2,1-2H3,(H,29,33). The smallest absolute Gasteiger partial charge is 0.294 e. The van der Waals surface area contributed by atoms with E-state index in [1.54, 1.807) is 49.3 Å². The summed E-state index contributed by atoms with van der Waals surface area (Å²) in [4.78, 5) is 21.8. The molecule has 0 aliphatic heterocycles. The highest BCUT2D eigenvalue weighted by Crippen LogP contribution is 2.37. The fourth-order valence-electron chi connectivity index (χ4n) is 3.93. The molecule has 38 heavy (non-hydrogen) atoms. The van der Waals surface area contributed by atoms with Gasteiger partial charge in [-0.3, -0.25) is 9.78 Å². The number of aromatic nitrogens is 4. The lowest BCUT2D eigenvalue weighted by molar-refractivity contribution is 0.102. The minimum absolute atomic E-state index is 0.232. The number of carbonyl (C=O) groups is 1. The van der Waals surface area contributed by atoms with Gasteiger partial charge in [0.1, 0.15) is 29.4 Å². The number of nitrogens with zero attached hydrogens (tertiary/aromatic N) is 4. The van der Waals surface area contributed by atoms with Gasteiger partial charge in [-0.05, 0) is 47.2 Å². The van der Waals surface area contributed by atoms with Crippen LogP contribution in [0.4, 0.5) is 5.69 Å². The maximum absolute atomic E-state index is 12.5. The third-order valence-corrected chi connectivity index (χ3v) is 6.65. The second-order valence-corrected chi connectivity index (χ2v) is 9.18. The molecule has 0 unspecified atom stereocenters. The number of amides is 1. The lowest BCUT2D eigenvalue weighted by Gasteiger charge is -2.11. The largest absolute Gasteiger partial charge is 0.496 e. The van der Waals surface area contributed by atoms with Crippen molar-refractivity contribution < 1.29 is 23.4 Å². The zero-order valence-corrected chi connectivity index (χ0v) is 21.2. The quantitative estimate of drug-likeness (QED) is 0.278. The molecule has 2 aromatic carbocycles. The van der Waals surface area contributed by atoms with E-state index in [-0.39, 0.29) is 12.5 Å². The highest BCUT2D eigenvalue weighted by molar-refractivity contribution is 7.18. The minimum atomic E-state index is -0.232. The molecule has 0 saturated heterocycles. The molecule has 0 aliphatic rings. The van der Waals surface area contributed by atoms with Crippen LogP contribution in [0, 0.1) is 0 Å². The van der Waals surface area contributed by atoms with Crippen LogP contribution in [0.3, 0.4) is 0 Å². The number of ether oxygens (including phenoxy) is 3. The summed E-state index contributed by atoms with van der Waals surface area (Å²) in [7, 11) is 3.16. The van der Waals surface area contributed by atoms with Crippen molar-refractivity contribution in [2.45, 2.75) is 6.61 Å². The van der Waals surface area contributed by atoms with Crippen molar-refractivity contribution in [3.05, 3.63) is 84.3 Å². The normalized spacial score (nSPS) is 11.1. The Balaban J connectivity index is 1.24. The zero-order chi connectivity index (χ0) is 26.1. The number of anilines is 1. The second-order valence-electron chi connectivity index (χ2n) is 8.26. The van der Waals surface area contributed by atoms with Crippen LogP contribution in [-0.4, -0.2) is 39.7 Å². The van der Waals surface area contributed by atoms with Crippen molar-refractivity contribution in [3.63, 3.8) is 0 Å². The van der Waals surface area contributed by atoms with E-state index in [2.05, 4.69) is 20.4 Å². The van der Waals surface area contributed by atoms with E-state index in [1.807, 2.05) is 36.4 Å². The molecule has 6 rings (SSSR count). The van der Waals surface area contributed by atoms with Crippen molar-refractivity contribution in [1.29, 1.82) is 0 Å². The Labute approximate surface area is 220 Å². The Bertz CT molecular complexity index is 1730. The summed E-state index contributed by atoms with van der Waals surface area (Å²) >= 11 is 1.34. The fourth-order valence-corrected chi connectivity index (χ4v) is 4.63. The number of furan rings is 1. The number of pyridine rings is 1. The third kappa shape index (κ3) is 4.62. The molecule has 0 atom stereocenters. The molecule has 1 N–H and O–H groups in total. The van der Waals surface area contributed by atoms with E-state index in [4.69, 9.17) is 18.6 Å². The van der Waals surface area contributed by atoms with Gasteiger partial charge in [0.25, 0.3) is 11.1 Å². The number of methoxy groups -OCH3 is 2. The molecule has 11 heteroatoms. The van der Waals surface area contributed by atoms with E-state index in [0.29, 0.717) is 49.9 Å². The van der Waals surface area contributed by atoms with E-state index < -0.39 is 0 Å². The van der Waals surface area contributed by atoms with E-state index in [9.17, 15) is 4.79 Å². The summed E-state index contributed by atoms with van der Waals surface area (Å²) in [5.41, 5.74) is 3.27. The van der Waals surface area contributed by atoms with Crippen LogP contribution in [0.2, 0.25) is 0 Å². The highest BCUT2D eigenvalue weighted by Gasteiger charge is 2.17. The monoisotopic (exact) mass is 527 g/mol. The first-order valence-electron chi connectivity index (χ1n) is 11.5. The van der Waals surface area contributed by atoms with E-state index in [1.165, 1.54) is 17.5 Å². The predicted molar refractivity (Wildman–Crippen MR) is 142 cm³/mol. The maximum atomic E-state index is 12.5. The topological polar surface area (TPSA) is 113 Å². The Kier molecular flexibility index (Phi) is 6.10. The molecule has 0 fully saturated rings. The van der Waals surface area contributed by atoms with Gasteiger partial charge >= 0.3 is 0 Å². The molecule has 0 spiro atoms. The van der Waals surface area contributed by atoms with Gasteiger partial charge in [-0.25, -0.2) is 9.50 Å². The van der Waals surface area contributed by atoms with Gasteiger partial charge in [-0.2, -0.15) is 0 Å². The molecular weight excluding hydrogens is 506 g/mol. The van der Waals surface area contributed by atoms with Gasteiger partial charge in [0, 0.05) is 30.2 Å². The summed E-state index contributed by atoms with van der Waals surface area (Å²) in [6, 6.07) is 16.4. The van der Waals surface area contributed by atoms with Crippen LogP contribution < -0.4 is 19.5 Å². The number of rotatable bonds is 8. The highest BCUT2D eigenvalue weighted by atomic mass is 32.1. The summed E-state index contributed by atoms with van der Waals surface area (Å²) in [6.07, 6.45) is 4.94. The molecule has 1 amide bonds. The maximum Gasteiger partial charge on any atom is 0.294 e. The first-order chi connectivity index (χ1) is 18.6. The van der Waals surface area contributed by atoms with Crippen LogP contribution in [0.15, 0.2) is 77.6 Å². The summed E-state index contributed by atoms with van der Waals surface area (Å²) in [5.74, 6) is 1.54. The molecule has 6 aromatic rings. The zero-order valence-electron chi connectivity index (χ0n) is 20.4. The van der Waals surface area contributed by atoms with Gasteiger partial charge in [0.05, 0.1) is 31.4 Å². The van der Waals surface area contributed by atoms with E-state index in [0.717, 1.165) is 10.9 Å². The van der Waals surface area contributed by atoms with Gasteiger partial charge < -0.3 is 23.9 Å². The SMILES string of the molecule is COc1cc(OCc2cccc(NC(=O)c3cccnc3)c2)c2cc(-c3cn4nc(OC)sc4n3)oc2c1. The van der Waals surface area contributed by atoms with Crippen molar-refractivity contribution in [2.24, 2.45) is 0 Å². The minimum Gasteiger partial charge on any atom is -0.496 e. The number of imidazole rings is 1. The summed E-state index contributed by atoms with van der Waals surface area (Å²) in [5, 5.41) is 8.52. The van der Waals surface area contributed by atoms with Crippen molar-refractivity contribution in [3.8, 4) is 28.1 Å². The number of nitrogens with one attached hydrogen (secondary N) is 1. The van der Waals surface area contributed by atoms with Crippen LogP contribution >= 0.6 is 11.3 Å². The molecule has 0 aliphatic carbocycles. The van der Waals surface area contributed by atoms with Gasteiger partial charge in [0.2, 0.25) is 4.96 Å². The molecule has 190 valence electrons. The number of hydrogen-bond acceptors (Lipinski definition) is 9. The number of carbonyl (C=O) groups excluding carboxylic acids is 1. The Morgan fingerprint density at radius 3 is 2.82 bits per heavy atom. The average molecular weight is 528 g/mol. The van der Waals surface area contributed by atoms with Gasteiger partial charge in [-0.1, -0.05) is 12.1 Å². The Morgan fingerprint density at radius 1 is 1.11 bits per heavy atom. The molecular formula is C27H21N5O5S. The summed E-state index contributed by atoms with van der Waals surface area (Å²) in [6.45, 7) is 0.267. The lowest BCUT2D eigenvalue weighted by atomic mass is 10.2. The van der Waals surface area contributed by atoms with Crippen molar-refractivity contribution in [1.82, 2.24) is 19.6 Å². The molecule has 4 heterocycles. The first kappa shape index (κ1) is 23.5. The lowest BCUT2D eigenvalue weighted by Crippen LogP contribution is -2.12. The molecule has 0 saturated carbocycles. The number of fused-ring (bicyclic) bond motifs is 2. The van der Waals surface area contributed by atoms with Crippen molar-refractivity contribution in [2.75, 3.05) is 19.5 Å². The predicted octanol–water partition coefficient (Wildman–Crippen LogP) is 5.45. The van der Waals surface area contributed by atoms with E-state index >= 15 is 0 Å². The first-order valence-corrected chi connectivity index (χ1v) is 12.4. The van der Waals surface area contributed by atoms with Crippen LogP contribution in [-0.2, 0) is 6.61 Å². The van der Waals surface area contributed by atoms with Crippen LogP contribution in [0.25, 0.3) is 27.4 Å². The van der Waals surface area contributed by atoms with Crippen LogP contribution in [0.5, 0.6) is 16.7 Å². The summed E-state index contributed by atoms with van der Waals surface area (Å²) < 4.78 is 24.6. The third-order valence-electron chi connectivity index (χ3n) is 5.76. The second kappa shape index (κ2) is 9.87. The van der Waals surface area contributed by atoms with Gasteiger partial charge in [-0.15, -0.1) is 5.10 Å². The molecule has 10 nitrogen and oxygen atoms in total. The average Bonchev–Trinajstić information content (AvgIpc) is 3.65. The molecule has 0 bridgehead atoms. The molecule has 0 radical (unpaired) electrons. The Morgan fingerprint density at radius 2 is 2.03 bits per heavy atom. The number of benzene rings is 2. The fraction of sp³-hybridized carbons (Fsp3) is 0.111. The number of hydrogen-bond donors (Lipinski definition) is 1. The Hall–Kier alpha value is -4.90. The van der Waals surface area contributed by atoms with Crippen molar-refractivity contribution >= 4 is 38.9 Å². The van der Waals surface area contributed by atoms with Gasteiger partial charge in [0.15, 0.2) is 5.76 Å². The molecule has 4 aromatic heterocycles. The van der Waals surface area contributed by atoms with Crippen LogP contribution in [0.1, 0.15) is 15.9 Å².